The van der Waals surface area contributed by atoms with Gasteiger partial charge in [-0.25, -0.2) is 9.59 Å². The van der Waals surface area contributed by atoms with Gasteiger partial charge < -0.3 is 19.4 Å². The van der Waals surface area contributed by atoms with Crippen molar-refractivity contribution in [2.75, 3.05) is 39.3 Å². The molecule has 29 heavy (non-hydrogen) atoms. The average molecular weight is 401 g/mol. The summed E-state index contributed by atoms with van der Waals surface area (Å²) in [6.07, 6.45) is -0.298. The van der Waals surface area contributed by atoms with Crippen LogP contribution < -0.4 is 10.9 Å². The number of nitrogens with one attached hydrogen (secondary N) is 1. The van der Waals surface area contributed by atoms with Crippen molar-refractivity contribution in [1.29, 1.82) is 0 Å². The van der Waals surface area contributed by atoms with Crippen LogP contribution in [0.15, 0.2) is 39.5 Å². The number of amides is 2. The van der Waals surface area contributed by atoms with Crippen LogP contribution in [0.4, 0.5) is 4.79 Å². The molecule has 156 valence electrons. The molecule has 1 N–H and O–H groups in total. The number of nitrogens with zero attached hydrogens (tertiary/aromatic N) is 2. The van der Waals surface area contributed by atoms with Crippen molar-refractivity contribution in [1.82, 2.24) is 15.1 Å². The van der Waals surface area contributed by atoms with Gasteiger partial charge in [-0.2, -0.15) is 0 Å². The molecule has 0 spiro atoms. The second-order valence-corrected chi connectivity index (χ2v) is 8.05. The second kappa shape index (κ2) is 8.65. The lowest BCUT2D eigenvalue weighted by Gasteiger charge is -2.35. The number of ether oxygens (including phenoxy) is 1. The Balaban J connectivity index is 1.46. The van der Waals surface area contributed by atoms with E-state index in [0.717, 1.165) is 0 Å². The summed E-state index contributed by atoms with van der Waals surface area (Å²) in [6.45, 7) is 9.14. The van der Waals surface area contributed by atoms with Gasteiger partial charge in [-0.05, 0) is 32.9 Å². The molecule has 1 aromatic heterocycles. The first-order chi connectivity index (χ1) is 13.7. The SMILES string of the molecule is CC(C)(C)OC(=O)N1CCN(CCNC(=O)c2cc3ccccc3oc2=O)CC1. The van der Waals surface area contributed by atoms with Crippen LogP contribution in [0.5, 0.6) is 0 Å². The van der Waals surface area contributed by atoms with E-state index in [-0.39, 0.29) is 11.7 Å². The van der Waals surface area contributed by atoms with Gasteiger partial charge in [0, 0.05) is 44.7 Å². The molecule has 1 aliphatic rings. The van der Waals surface area contributed by atoms with Crippen molar-refractivity contribution in [3.63, 3.8) is 0 Å². The number of para-hydroxylation sites is 1. The van der Waals surface area contributed by atoms with Gasteiger partial charge in [0.1, 0.15) is 16.7 Å². The molecule has 8 nitrogen and oxygen atoms in total. The van der Waals surface area contributed by atoms with Crippen LogP contribution in [0.2, 0.25) is 0 Å². The molecule has 0 radical (unpaired) electrons. The van der Waals surface area contributed by atoms with Crippen molar-refractivity contribution >= 4 is 23.0 Å². The van der Waals surface area contributed by atoms with E-state index >= 15 is 0 Å². The highest BCUT2D eigenvalue weighted by Crippen LogP contribution is 2.13. The Bertz CT molecular complexity index is 939. The molecule has 0 saturated carbocycles. The van der Waals surface area contributed by atoms with Gasteiger partial charge in [-0.1, -0.05) is 18.2 Å². The normalized spacial score (nSPS) is 15.3. The van der Waals surface area contributed by atoms with E-state index in [1.165, 1.54) is 0 Å². The number of benzene rings is 1. The van der Waals surface area contributed by atoms with Crippen LogP contribution in [-0.4, -0.2) is 66.7 Å². The molecule has 2 aromatic rings. The van der Waals surface area contributed by atoms with Crippen molar-refractivity contribution in [3.8, 4) is 0 Å². The third-order valence-electron chi connectivity index (χ3n) is 4.62. The van der Waals surface area contributed by atoms with E-state index in [1.54, 1.807) is 29.2 Å². The largest absolute Gasteiger partial charge is 0.444 e. The highest BCUT2D eigenvalue weighted by molar-refractivity contribution is 5.96. The molecule has 2 heterocycles. The summed E-state index contributed by atoms with van der Waals surface area (Å²) in [6, 6.07) is 8.62. The fraction of sp³-hybridized carbons (Fsp3) is 0.476. The van der Waals surface area contributed by atoms with E-state index in [4.69, 9.17) is 9.15 Å². The maximum Gasteiger partial charge on any atom is 0.410 e. The average Bonchev–Trinajstić information content (AvgIpc) is 2.66. The van der Waals surface area contributed by atoms with Gasteiger partial charge in [-0.15, -0.1) is 0 Å². The summed E-state index contributed by atoms with van der Waals surface area (Å²) in [7, 11) is 0. The fourth-order valence-corrected chi connectivity index (χ4v) is 3.12. The lowest BCUT2D eigenvalue weighted by atomic mass is 10.2. The van der Waals surface area contributed by atoms with Gasteiger partial charge >= 0.3 is 11.7 Å². The fourth-order valence-electron chi connectivity index (χ4n) is 3.12. The highest BCUT2D eigenvalue weighted by Gasteiger charge is 2.25. The number of hydrogen-bond acceptors (Lipinski definition) is 6. The lowest BCUT2D eigenvalue weighted by Crippen LogP contribution is -2.51. The molecule has 1 fully saturated rings. The zero-order chi connectivity index (χ0) is 21.0. The van der Waals surface area contributed by atoms with Gasteiger partial charge in [0.25, 0.3) is 5.91 Å². The number of fused-ring (bicyclic) bond motifs is 1. The van der Waals surface area contributed by atoms with E-state index in [1.807, 2.05) is 26.8 Å². The minimum absolute atomic E-state index is 0.00144. The zero-order valence-corrected chi connectivity index (χ0v) is 17.1. The molecule has 2 amide bonds. The Morgan fingerprint density at radius 1 is 1.14 bits per heavy atom. The van der Waals surface area contributed by atoms with Crippen molar-refractivity contribution in [2.45, 2.75) is 26.4 Å². The lowest BCUT2D eigenvalue weighted by molar-refractivity contribution is 0.0147. The monoisotopic (exact) mass is 401 g/mol. The predicted octanol–water partition coefficient (Wildman–Crippen LogP) is 2.08. The Kier molecular flexibility index (Phi) is 6.22. The Morgan fingerprint density at radius 3 is 2.52 bits per heavy atom. The molecule has 1 aliphatic heterocycles. The topological polar surface area (TPSA) is 92.1 Å². The van der Waals surface area contributed by atoms with Crippen LogP contribution in [0.25, 0.3) is 11.0 Å². The number of piperazine rings is 1. The van der Waals surface area contributed by atoms with Crippen LogP contribution >= 0.6 is 0 Å². The molecule has 0 atom stereocenters. The molecule has 3 rings (SSSR count). The van der Waals surface area contributed by atoms with Crippen molar-refractivity contribution in [3.05, 3.63) is 46.3 Å². The Morgan fingerprint density at radius 2 is 1.83 bits per heavy atom. The number of rotatable bonds is 4. The summed E-state index contributed by atoms with van der Waals surface area (Å²) < 4.78 is 10.6. The summed E-state index contributed by atoms with van der Waals surface area (Å²) in [5, 5.41) is 3.48. The second-order valence-electron chi connectivity index (χ2n) is 8.05. The van der Waals surface area contributed by atoms with Crippen LogP contribution in [0, 0.1) is 0 Å². The number of carbonyl (C=O) groups is 2. The first kappa shape index (κ1) is 20.9. The van der Waals surface area contributed by atoms with E-state index < -0.39 is 17.1 Å². The maximum atomic E-state index is 12.4. The first-order valence-corrected chi connectivity index (χ1v) is 9.74. The summed E-state index contributed by atoms with van der Waals surface area (Å²) in [5.41, 5.74) is -0.698. The summed E-state index contributed by atoms with van der Waals surface area (Å²) in [4.78, 5) is 40.4. The molecule has 1 aromatic carbocycles. The van der Waals surface area contributed by atoms with Gasteiger partial charge in [-0.3, -0.25) is 9.69 Å². The third kappa shape index (κ3) is 5.57. The zero-order valence-electron chi connectivity index (χ0n) is 17.1. The smallest absolute Gasteiger partial charge is 0.410 e. The maximum absolute atomic E-state index is 12.4. The molecule has 8 heteroatoms. The van der Waals surface area contributed by atoms with Gasteiger partial charge in [0.15, 0.2) is 0 Å². The number of carbonyl (C=O) groups excluding carboxylic acids is 2. The molecule has 0 aliphatic carbocycles. The standard InChI is InChI=1S/C21H27N3O5/c1-21(2,3)29-20(27)24-12-10-23(11-13-24)9-8-22-18(25)16-14-15-6-4-5-7-17(15)28-19(16)26/h4-7,14H,8-13H2,1-3H3,(H,22,25). The minimum atomic E-state index is -0.646. The van der Waals surface area contributed by atoms with Gasteiger partial charge in [0.2, 0.25) is 0 Å². The van der Waals surface area contributed by atoms with E-state index in [2.05, 4.69) is 10.2 Å². The third-order valence-corrected chi connectivity index (χ3v) is 4.62. The molecular weight excluding hydrogens is 374 g/mol. The Labute approximate surface area is 169 Å². The van der Waals surface area contributed by atoms with Crippen molar-refractivity contribution in [2.24, 2.45) is 0 Å². The highest BCUT2D eigenvalue weighted by atomic mass is 16.6. The summed E-state index contributed by atoms with van der Waals surface area (Å²) in [5.74, 6) is -0.447. The quantitative estimate of drug-likeness (QED) is 0.789. The van der Waals surface area contributed by atoms with Crippen molar-refractivity contribution < 1.29 is 18.7 Å². The van der Waals surface area contributed by atoms with E-state index in [0.29, 0.717) is 50.2 Å². The number of hydrogen-bond donors (Lipinski definition) is 1. The van der Waals surface area contributed by atoms with Crippen LogP contribution in [0.3, 0.4) is 0 Å². The molecule has 1 saturated heterocycles. The summed E-state index contributed by atoms with van der Waals surface area (Å²) >= 11 is 0. The predicted molar refractivity (Wildman–Crippen MR) is 109 cm³/mol. The molecular formula is C21H27N3O5. The minimum Gasteiger partial charge on any atom is -0.444 e. The Hall–Kier alpha value is -2.87. The van der Waals surface area contributed by atoms with E-state index in [9.17, 15) is 14.4 Å². The first-order valence-electron chi connectivity index (χ1n) is 9.74. The van der Waals surface area contributed by atoms with Gasteiger partial charge in [0.05, 0.1) is 0 Å². The van der Waals surface area contributed by atoms with Crippen LogP contribution in [0.1, 0.15) is 31.1 Å². The molecule has 0 unspecified atom stereocenters. The molecule has 0 bridgehead atoms. The van der Waals surface area contributed by atoms with Crippen LogP contribution in [-0.2, 0) is 4.74 Å².